The van der Waals surface area contributed by atoms with Crippen molar-refractivity contribution >= 4 is 39.8 Å². The number of halogens is 2. The van der Waals surface area contributed by atoms with Gasteiger partial charge in [-0.15, -0.1) is 24.0 Å². The first kappa shape index (κ1) is 26.4. The van der Waals surface area contributed by atoms with Crippen molar-refractivity contribution in [1.29, 1.82) is 0 Å². The summed E-state index contributed by atoms with van der Waals surface area (Å²) >= 11 is 0. The fourth-order valence-electron chi connectivity index (χ4n) is 3.11. The predicted molar refractivity (Wildman–Crippen MR) is 136 cm³/mol. The normalized spacial score (nSPS) is 14.9. The first-order valence-electron chi connectivity index (χ1n) is 10.4. The van der Waals surface area contributed by atoms with Gasteiger partial charge in [0.15, 0.2) is 27.4 Å². The molecular formula is C23H31FIN3O3S. The first-order valence-corrected chi connectivity index (χ1v) is 12.3. The minimum atomic E-state index is -3.19. The van der Waals surface area contributed by atoms with Gasteiger partial charge in [0.05, 0.1) is 17.5 Å². The zero-order valence-electron chi connectivity index (χ0n) is 18.6. The maximum absolute atomic E-state index is 14.4. The Morgan fingerprint density at radius 1 is 1.22 bits per heavy atom. The monoisotopic (exact) mass is 575 g/mol. The molecule has 1 aliphatic rings. The smallest absolute Gasteiger partial charge is 0.191 e. The van der Waals surface area contributed by atoms with E-state index in [1.54, 1.807) is 25.2 Å². The molecule has 2 N–H and O–H groups in total. The van der Waals surface area contributed by atoms with E-state index < -0.39 is 9.84 Å². The van der Waals surface area contributed by atoms with Gasteiger partial charge in [0.25, 0.3) is 0 Å². The zero-order valence-corrected chi connectivity index (χ0v) is 21.7. The van der Waals surface area contributed by atoms with Crippen LogP contribution in [0.2, 0.25) is 0 Å². The second-order valence-electron chi connectivity index (χ2n) is 7.98. The third-order valence-corrected chi connectivity index (χ3v) is 6.39. The second-order valence-corrected chi connectivity index (χ2v) is 9.99. The number of nitrogens with zero attached hydrogens (tertiary/aromatic N) is 1. The average Bonchev–Trinajstić information content (AvgIpc) is 3.56. The number of nitrogens with one attached hydrogen (secondary N) is 2. The summed E-state index contributed by atoms with van der Waals surface area (Å²) in [7, 11) is -1.51. The highest BCUT2D eigenvalue weighted by Crippen LogP contribution is 2.30. The van der Waals surface area contributed by atoms with E-state index in [4.69, 9.17) is 4.74 Å². The van der Waals surface area contributed by atoms with Crippen LogP contribution in [0.5, 0.6) is 5.75 Å². The lowest BCUT2D eigenvalue weighted by molar-refractivity contribution is 0.285. The number of hydrogen-bond donors (Lipinski definition) is 2. The molecule has 0 aliphatic heterocycles. The van der Waals surface area contributed by atoms with Gasteiger partial charge < -0.3 is 15.4 Å². The van der Waals surface area contributed by atoms with Gasteiger partial charge in [0.1, 0.15) is 0 Å². The van der Waals surface area contributed by atoms with Crippen LogP contribution < -0.4 is 15.4 Å². The quantitative estimate of drug-likeness (QED) is 0.268. The minimum Gasteiger partial charge on any atom is -0.490 e. The van der Waals surface area contributed by atoms with Crippen molar-refractivity contribution < 1.29 is 17.5 Å². The predicted octanol–water partition coefficient (Wildman–Crippen LogP) is 4.10. The lowest BCUT2D eigenvalue weighted by Gasteiger charge is -2.19. The van der Waals surface area contributed by atoms with Crippen LogP contribution >= 0.6 is 24.0 Å². The van der Waals surface area contributed by atoms with E-state index >= 15 is 0 Å². The van der Waals surface area contributed by atoms with Crippen molar-refractivity contribution in [2.75, 3.05) is 26.5 Å². The molecule has 1 aliphatic carbocycles. The highest BCUT2D eigenvalue weighted by Gasteiger charge is 2.22. The van der Waals surface area contributed by atoms with Crippen LogP contribution in [0.4, 0.5) is 4.39 Å². The topological polar surface area (TPSA) is 79.8 Å². The SMILES string of the molecule is CN=C(NCCc1ccc(S(C)(=O)=O)cc1)NC(C)c1ccc(OCC2CC2)c(F)c1.I. The third kappa shape index (κ3) is 7.91. The molecule has 1 fully saturated rings. The van der Waals surface area contributed by atoms with Gasteiger partial charge in [0.2, 0.25) is 0 Å². The maximum Gasteiger partial charge on any atom is 0.191 e. The van der Waals surface area contributed by atoms with E-state index in [0.29, 0.717) is 42.1 Å². The molecule has 0 bridgehead atoms. The average molecular weight is 575 g/mol. The van der Waals surface area contributed by atoms with Gasteiger partial charge in [-0.1, -0.05) is 18.2 Å². The zero-order chi connectivity index (χ0) is 22.4. The standard InChI is InChI=1S/C23H30FN3O3S.HI/c1-16(19-8-11-22(21(24)14-19)30-15-18-4-5-18)27-23(25-2)26-13-12-17-6-9-20(10-7-17)31(3,28)29;/h6-11,14,16,18H,4-5,12-13,15H2,1-3H3,(H2,25,26,27);1H. The maximum atomic E-state index is 14.4. The summed E-state index contributed by atoms with van der Waals surface area (Å²) in [6, 6.07) is 11.8. The Bertz CT molecular complexity index is 1030. The molecule has 0 aromatic heterocycles. The molecule has 0 saturated heterocycles. The van der Waals surface area contributed by atoms with Gasteiger partial charge >= 0.3 is 0 Å². The van der Waals surface area contributed by atoms with Crippen LogP contribution in [0.15, 0.2) is 52.4 Å². The summed E-state index contributed by atoms with van der Waals surface area (Å²) in [4.78, 5) is 4.54. The van der Waals surface area contributed by atoms with Crippen LogP contribution in [0.3, 0.4) is 0 Å². The molecule has 0 spiro atoms. The number of guanidine groups is 1. The Balaban J connectivity index is 0.00000363. The molecule has 0 heterocycles. The highest BCUT2D eigenvalue weighted by molar-refractivity contribution is 14.0. The van der Waals surface area contributed by atoms with E-state index in [2.05, 4.69) is 15.6 Å². The summed E-state index contributed by atoms with van der Waals surface area (Å²) in [6.07, 6.45) is 4.24. The lowest BCUT2D eigenvalue weighted by Crippen LogP contribution is -2.39. The van der Waals surface area contributed by atoms with Crippen LogP contribution in [0.1, 0.15) is 36.9 Å². The van der Waals surface area contributed by atoms with Crippen LogP contribution in [-0.2, 0) is 16.3 Å². The van der Waals surface area contributed by atoms with Gasteiger partial charge in [0, 0.05) is 19.8 Å². The van der Waals surface area contributed by atoms with Crippen molar-refractivity contribution in [3.8, 4) is 5.75 Å². The van der Waals surface area contributed by atoms with Gasteiger partial charge in [-0.05, 0) is 67.5 Å². The number of sulfone groups is 1. The van der Waals surface area contributed by atoms with E-state index in [0.717, 1.165) is 11.1 Å². The van der Waals surface area contributed by atoms with Crippen molar-refractivity contribution in [2.45, 2.75) is 37.1 Å². The van der Waals surface area contributed by atoms with Gasteiger partial charge in [-0.2, -0.15) is 0 Å². The summed E-state index contributed by atoms with van der Waals surface area (Å²) in [5, 5.41) is 6.49. The number of benzene rings is 2. The second kappa shape index (κ2) is 11.8. The van der Waals surface area contributed by atoms with Crippen LogP contribution in [0.25, 0.3) is 0 Å². The molecule has 3 rings (SSSR count). The van der Waals surface area contributed by atoms with E-state index in [1.165, 1.54) is 25.2 Å². The van der Waals surface area contributed by atoms with E-state index in [9.17, 15) is 12.8 Å². The number of hydrogen-bond acceptors (Lipinski definition) is 4. The van der Waals surface area contributed by atoms with E-state index in [-0.39, 0.29) is 35.8 Å². The Morgan fingerprint density at radius 3 is 2.47 bits per heavy atom. The number of ether oxygens (including phenoxy) is 1. The Labute approximate surface area is 207 Å². The highest BCUT2D eigenvalue weighted by atomic mass is 127. The molecular weight excluding hydrogens is 544 g/mol. The largest absolute Gasteiger partial charge is 0.490 e. The van der Waals surface area contributed by atoms with E-state index in [1.807, 2.05) is 25.1 Å². The first-order chi connectivity index (χ1) is 14.8. The molecule has 1 atom stereocenters. The molecule has 2 aromatic rings. The lowest BCUT2D eigenvalue weighted by atomic mass is 10.1. The van der Waals surface area contributed by atoms with Crippen LogP contribution in [0, 0.1) is 11.7 Å². The molecule has 6 nitrogen and oxygen atoms in total. The Kier molecular flexibility index (Phi) is 9.75. The number of aliphatic imine (C=N–C) groups is 1. The van der Waals surface area contributed by atoms with Crippen molar-refractivity contribution in [1.82, 2.24) is 10.6 Å². The molecule has 1 unspecified atom stereocenters. The van der Waals surface area contributed by atoms with Crippen molar-refractivity contribution in [2.24, 2.45) is 10.9 Å². The summed E-state index contributed by atoms with van der Waals surface area (Å²) in [5.41, 5.74) is 1.82. The Hall–Kier alpha value is -1.88. The molecule has 32 heavy (non-hydrogen) atoms. The molecule has 9 heteroatoms. The molecule has 1 saturated carbocycles. The van der Waals surface area contributed by atoms with Crippen molar-refractivity contribution in [3.05, 3.63) is 59.4 Å². The molecule has 176 valence electrons. The fraction of sp³-hybridized carbons (Fsp3) is 0.435. The van der Waals surface area contributed by atoms with Crippen molar-refractivity contribution in [3.63, 3.8) is 0 Å². The Morgan fingerprint density at radius 2 is 1.91 bits per heavy atom. The van der Waals surface area contributed by atoms with Gasteiger partial charge in [-0.25, -0.2) is 12.8 Å². The molecule has 0 radical (unpaired) electrons. The third-order valence-electron chi connectivity index (χ3n) is 5.26. The molecule has 2 aromatic carbocycles. The summed E-state index contributed by atoms with van der Waals surface area (Å²) in [5.74, 6) is 1.13. The summed E-state index contributed by atoms with van der Waals surface area (Å²) < 4.78 is 43.0. The van der Waals surface area contributed by atoms with Crippen LogP contribution in [-0.4, -0.2) is 40.8 Å². The number of rotatable bonds is 9. The fourth-order valence-corrected chi connectivity index (χ4v) is 3.74. The summed E-state index contributed by atoms with van der Waals surface area (Å²) in [6.45, 7) is 3.14. The molecule has 0 amide bonds. The minimum absolute atomic E-state index is 0. The van der Waals surface area contributed by atoms with Gasteiger partial charge in [-0.3, -0.25) is 4.99 Å².